The molecule has 6 heteroatoms. The van der Waals surface area contributed by atoms with Crippen LogP contribution in [0.15, 0.2) is 72.8 Å². The van der Waals surface area contributed by atoms with Gasteiger partial charge in [-0.15, -0.1) is 0 Å². The normalized spacial score (nSPS) is 12.6. The molecule has 184 valence electrons. The molecule has 0 radical (unpaired) electrons. The fraction of sp³-hybridized carbons (Fsp3) is 0.310. The highest BCUT2D eigenvalue weighted by atomic mass is 35.5. The lowest BCUT2D eigenvalue weighted by atomic mass is 10.0. The smallest absolute Gasteiger partial charge is 0.243 e. The van der Waals surface area contributed by atoms with Crippen molar-refractivity contribution < 1.29 is 9.59 Å². The summed E-state index contributed by atoms with van der Waals surface area (Å²) in [7, 11) is 0. The molecule has 3 rings (SSSR count). The van der Waals surface area contributed by atoms with Gasteiger partial charge in [-0.1, -0.05) is 96.4 Å². The topological polar surface area (TPSA) is 49.4 Å². The Balaban J connectivity index is 1.99. The molecule has 35 heavy (non-hydrogen) atoms. The van der Waals surface area contributed by atoms with E-state index in [0.717, 1.165) is 28.7 Å². The Labute approximate surface area is 218 Å². The lowest BCUT2D eigenvalue weighted by molar-refractivity contribution is -0.141. The summed E-state index contributed by atoms with van der Waals surface area (Å²) < 4.78 is 0. The van der Waals surface area contributed by atoms with E-state index in [9.17, 15) is 9.59 Å². The summed E-state index contributed by atoms with van der Waals surface area (Å²) in [6, 6.07) is 22.3. The van der Waals surface area contributed by atoms with Gasteiger partial charge in [-0.2, -0.15) is 0 Å². The monoisotopic (exact) mass is 510 g/mol. The summed E-state index contributed by atoms with van der Waals surface area (Å²) in [6.07, 6.45) is 1.41. The molecule has 0 aliphatic heterocycles. The number of amides is 2. The molecule has 0 bridgehead atoms. The lowest BCUT2D eigenvalue weighted by Crippen LogP contribution is -2.52. The van der Waals surface area contributed by atoms with Gasteiger partial charge in [0.2, 0.25) is 11.8 Å². The van der Waals surface area contributed by atoms with Crippen LogP contribution in [-0.4, -0.2) is 28.8 Å². The van der Waals surface area contributed by atoms with Crippen molar-refractivity contribution in [2.75, 3.05) is 0 Å². The number of hydrogen-bond donors (Lipinski definition) is 1. The molecule has 3 aromatic carbocycles. The molecule has 0 aliphatic rings. The molecule has 0 aromatic heterocycles. The Morgan fingerprint density at radius 3 is 2.26 bits per heavy atom. The van der Waals surface area contributed by atoms with Crippen molar-refractivity contribution in [2.45, 2.75) is 58.7 Å². The van der Waals surface area contributed by atoms with Crippen LogP contribution < -0.4 is 5.32 Å². The van der Waals surface area contributed by atoms with Crippen molar-refractivity contribution in [1.82, 2.24) is 10.2 Å². The molecule has 0 saturated carbocycles. The highest BCUT2D eigenvalue weighted by molar-refractivity contribution is 6.42. The molecule has 3 aromatic rings. The summed E-state index contributed by atoms with van der Waals surface area (Å²) in [6.45, 7) is 6.23. The zero-order valence-electron chi connectivity index (χ0n) is 20.4. The van der Waals surface area contributed by atoms with E-state index in [-0.39, 0.29) is 30.8 Å². The van der Waals surface area contributed by atoms with Crippen molar-refractivity contribution in [3.63, 3.8) is 0 Å². The average Bonchev–Trinajstić information content (AvgIpc) is 2.84. The van der Waals surface area contributed by atoms with Crippen molar-refractivity contribution in [3.8, 4) is 0 Å². The van der Waals surface area contributed by atoms with Crippen LogP contribution in [-0.2, 0) is 29.0 Å². The first kappa shape index (κ1) is 26.8. The Morgan fingerprint density at radius 2 is 1.60 bits per heavy atom. The highest BCUT2D eigenvalue weighted by Gasteiger charge is 2.31. The number of halogens is 2. The van der Waals surface area contributed by atoms with E-state index in [0.29, 0.717) is 16.5 Å². The van der Waals surface area contributed by atoms with Gasteiger partial charge >= 0.3 is 0 Å². The van der Waals surface area contributed by atoms with E-state index >= 15 is 0 Å². The fourth-order valence-electron chi connectivity index (χ4n) is 3.93. The van der Waals surface area contributed by atoms with Gasteiger partial charge in [0, 0.05) is 19.0 Å². The minimum Gasteiger partial charge on any atom is -0.352 e. The first-order valence-corrected chi connectivity index (χ1v) is 12.7. The SMILES string of the molecule is CC[C@H](C)NC(=O)[C@H](Cc1ccccc1)N(Cc1ccc(Cl)c(Cl)c1)C(=O)Cc1cccc(C)c1. The maximum atomic E-state index is 13.8. The van der Waals surface area contributed by atoms with Crippen molar-refractivity contribution in [2.24, 2.45) is 0 Å². The molecule has 0 spiro atoms. The van der Waals surface area contributed by atoms with Crippen molar-refractivity contribution in [1.29, 1.82) is 0 Å². The largest absolute Gasteiger partial charge is 0.352 e. The minimum atomic E-state index is -0.682. The zero-order chi connectivity index (χ0) is 25.4. The molecule has 0 saturated heterocycles. The van der Waals surface area contributed by atoms with Gasteiger partial charge in [0.15, 0.2) is 0 Å². The molecular formula is C29H32Cl2N2O2. The number of carbonyl (C=O) groups is 2. The van der Waals surface area contributed by atoms with Crippen molar-refractivity contribution >= 4 is 35.0 Å². The highest BCUT2D eigenvalue weighted by Crippen LogP contribution is 2.25. The maximum Gasteiger partial charge on any atom is 0.243 e. The molecule has 4 nitrogen and oxygen atoms in total. The zero-order valence-corrected chi connectivity index (χ0v) is 21.9. The van der Waals surface area contributed by atoms with E-state index in [4.69, 9.17) is 23.2 Å². The quantitative estimate of drug-likeness (QED) is 0.343. The fourth-order valence-corrected chi connectivity index (χ4v) is 4.25. The van der Waals surface area contributed by atoms with Crippen LogP contribution in [0.25, 0.3) is 0 Å². The van der Waals surface area contributed by atoms with Gasteiger partial charge in [-0.05, 0) is 49.1 Å². The van der Waals surface area contributed by atoms with Crippen molar-refractivity contribution in [3.05, 3.63) is 105 Å². The summed E-state index contributed by atoms with van der Waals surface area (Å²) >= 11 is 12.4. The van der Waals surface area contributed by atoms with Gasteiger partial charge in [0.25, 0.3) is 0 Å². The van der Waals surface area contributed by atoms with Crippen LogP contribution in [0.1, 0.15) is 42.5 Å². The molecule has 2 atom stereocenters. The Hall–Kier alpha value is -2.82. The predicted octanol–water partition coefficient (Wildman–Crippen LogP) is 6.40. The number of rotatable bonds is 10. The second-order valence-corrected chi connectivity index (χ2v) is 9.77. The summed E-state index contributed by atoms with van der Waals surface area (Å²) in [5, 5.41) is 3.95. The average molecular weight is 511 g/mol. The van der Waals surface area contributed by atoms with Gasteiger partial charge < -0.3 is 10.2 Å². The molecule has 0 heterocycles. The predicted molar refractivity (Wildman–Crippen MR) is 144 cm³/mol. The van der Waals surface area contributed by atoms with E-state index in [1.807, 2.05) is 81.4 Å². The molecule has 2 amide bonds. The van der Waals surface area contributed by atoms with Gasteiger partial charge in [-0.3, -0.25) is 9.59 Å². The number of hydrogen-bond acceptors (Lipinski definition) is 2. The van der Waals surface area contributed by atoms with Gasteiger partial charge in [-0.25, -0.2) is 0 Å². The Morgan fingerprint density at radius 1 is 0.886 bits per heavy atom. The first-order chi connectivity index (χ1) is 16.8. The molecular weight excluding hydrogens is 479 g/mol. The van der Waals surface area contributed by atoms with Crippen LogP contribution in [0.2, 0.25) is 10.0 Å². The Kier molecular flexibility index (Phi) is 9.76. The van der Waals surface area contributed by atoms with Crippen LogP contribution >= 0.6 is 23.2 Å². The second-order valence-electron chi connectivity index (χ2n) is 8.96. The third kappa shape index (κ3) is 7.84. The molecule has 0 fully saturated rings. The minimum absolute atomic E-state index is 0.000486. The lowest BCUT2D eigenvalue weighted by Gasteiger charge is -2.32. The summed E-state index contributed by atoms with van der Waals surface area (Å²) in [5.74, 6) is -0.289. The van der Waals surface area contributed by atoms with E-state index < -0.39 is 6.04 Å². The van der Waals surface area contributed by atoms with E-state index in [1.165, 1.54) is 0 Å². The molecule has 1 N–H and O–H groups in total. The van der Waals surface area contributed by atoms with Gasteiger partial charge in [0.1, 0.15) is 6.04 Å². The number of benzene rings is 3. The molecule has 0 aliphatic carbocycles. The Bertz CT molecular complexity index is 1150. The summed E-state index contributed by atoms with van der Waals surface area (Å²) in [5.41, 5.74) is 3.79. The summed E-state index contributed by atoms with van der Waals surface area (Å²) in [4.78, 5) is 29.0. The maximum absolute atomic E-state index is 13.8. The van der Waals surface area contributed by atoms with Crippen LogP contribution in [0, 0.1) is 6.92 Å². The third-order valence-corrected chi connectivity index (χ3v) is 6.79. The number of carbonyl (C=O) groups excluding carboxylic acids is 2. The number of nitrogens with one attached hydrogen (secondary N) is 1. The van der Waals surface area contributed by atoms with E-state index in [1.54, 1.807) is 17.0 Å². The second kappa shape index (κ2) is 12.8. The van der Waals surface area contributed by atoms with Crippen LogP contribution in [0.3, 0.4) is 0 Å². The number of aryl methyl sites for hydroxylation is 1. The van der Waals surface area contributed by atoms with Gasteiger partial charge in [0.05, 0.1) is 16.5 Å². The number of nitrogens with zero attached hydrogens (tertiary/aromatic N) is 1. The third-order valence-electron chi connectivity index (χ3n) is 6.05. The van der Waals surface area contributed by atoms with Crippen LogP contribution in [0.5, 0.6) is 0 Å². The molecule has 0 unspecified atom stereocenters. The van der Waals surface area contributed by atoms with Crippen LogP contribution in [0.4, 0.5) is 0 Å². The first-order valence-electron chi connectivity index (χ1n) is 11.9. The standard InChI is InChI=1S/C29H32Cl2N2O2/c1-4-21(3)32-29(35)27(17-22-10-6-5-7-11-22)33(19-24-13-14-25(30)26(31)16-24)28(34)18-23-12-8-9-20(2)15-23/h5-16,21,27H,4,17-19H2,1-3H3,(H,32,35)/t21-,27-/m0/s1. The van der Waals surface area contributed by atoms with E-state index in [2.05, 4.69) is 5.32 Å².